The number of aliphatic imine (C=N–C) groups is 1. The van der Waals surface area contributed by atoms with Gasteiger partial charge in [0.1, 0.15) is 0 Å². The summed E-state index contributed by atoms with van der Waals surface area (Å²) in [5.74, 6) is -0.115. The third-order valence-corrected chi connectivity index (χ3v) is 4.47. The zero-order valence-electron chi connectivity index (χ0n) is 11.8. The topological polar surface area (TPSA) is 41.5 Å². The highest BCUT2D eigenvalue weighted by atomic mass is 79.9. The van der Waals surface area contributed by atoms with Crippen molar-refractivity contribution in [3.63, 3.8) is 0 Å². The molecule has 2 aromatic carbocycles. The van der Waals surface area contributed by atoms with E-state index in [0.717, 1.165) is 15.7 Å². The zero-order valence-corrected chi connectivity index (χ0v) is 14.2. The van der Waals surface area contributed by atoms with Crippen LogP contribution in [-0.4, -0.2) is 11.1 Å². The second-order valence-electron chi connectivity index (χ2n) is 4.87. The minimum atomic E-state index is -0.115. The van der Waals surface area contributed by atoms with Gasteiger partial charge in [-0.15, -0.1) is 0 Å². The Morgan fingerprint density at radius 2 is 1.95 bits per heavy atom. The average molecular weight is 373 g/mol. The summed E-state index contributed by atoms with van der Waals surface area (Å²) >= 11 is 4.78. The molecule has 1 amide bonds. The van der Waals surface area contributed by atoms with E-state index in [4.69, 9.17) is 0 Å². The van der Waals surface area contributed by atoms with Crippen LogP contribution in [0, 0.1) is 6.92 Å². The second kappa shape index (κ2) is 6.50. The molecule has 1 aliphatic rings. The first-order valence-corrected chi connectivity index (χ1v) is 8.33. The van der Waals surface area contributed by atoms with Gasteiger partial charge in [0.25, 0.3) is 5.91 Å². The molecule has 1 aliphatic heterocycles. The molecule has 1 N–H and O–H groups in total. The standard InChI is InChI=1S/C17H13BrN2OS/c1-11-5-7-14(8-6-11)19-17-20-16(21)15(22-17)10-12-3-2-4-13(18)9-12/h2-10H,1H3,(H,19,20,21). The summed E-state index contributed by atoms with van der Waals surface area (Å²) < 4.78 is 0.985. The Morgan fingerprint density at radius 1 is 1.18 bits per heavy atom. The van der Waals surface area contributed by atoms with Crippen molar-refractivity contribution in [2.75, 3.05) is 0 Å². The maximum Gasteiger partial charge on any atom is 0.264 e. The van der Waals surface area contributed by atoms with Crippen LogP contribution in [0.3, 0.4) is 0 Å². The van der Waals surface area contributed by atoms with Gasteiger partial charge in [-0.2, -0.15) is 0 Å². The predicted molar refractivity (Wildman–Crippen MR) is 96.1 cm³/mol. The minimum absolute atomic E-state index is 0.115. The van der Waals surface area contributed by atoms with E-state index in [1.165, 1.54) is 17.3 Å². The number of benzene rings is 2. The van der Waals surface area contributed by atoms with E-state index in [0.29, 0.717) is 10.1 Å². The first-order chi connectivity index (χ1) is 10.6. The Labute approximate surface area is 141 Å². The zero-order chi connectivity index (χ0) is 15.5. The van der Waals surface area contributed by atoms with Crippen molar-refractivity contribution in [1.82, 2.24) is 5.32 Å². The maximum absolute atomic E-state index is 12.0. The van der Waals surface area contributed by atoms with Gasteiger partial charge >= 0.3 is 0 Å². The Hall–Kier alpha value is -1.85. The molecule has 0 atom stereocenters. The molecule has 22 heavy (non-hydrogen) atoms. The monoisotopic (exact) mass is 372 g/mol. The van der Waals surface area contributed by atoms with Crippen LogP contribution in [0.1, 0.15) is 11.1 Å². The number of nitrogens with one attached hydrogen (secondary N) is 1. The fourth-order valence-electron chi connectivity index (χ4n) is 1.96. The van der Waals surface area contributed by atoms with Crippen LogP contribution in [0.5, 0.6) is 0 Å². The average Bonchev–Trinajstić information content (AvgIpc) is 2.81. The lowest BCUT2D eigenvalue weighted by Gasteiger charge is -1.97. The Balaban J connectivity index is 1.82. The summed E-state index contributed by atoms with van der Waals surface area (Å²) in [5, 5.41) is 3.40. The van der Waals surface area contributed by atoms with Crippen LogP contribution in [0.2, 0.25) is 0 Å². The molecule has 3 nitrogen and oxygen atoms in total. The third-order valence-electron chi connectivity index (χ3n) is 3.06. The van der Waals surface area contributed by atoms with Crippen LogP contribution < -0.4 is 5.32 Å². The summed E-state index contributed by atoms with van der Waals surface area (Å²) in [5.41, 5.74) is 2.99. The summed E-state index contributed by atoms with van der Waals surface area (Å²) in [4.78, 5) is 17.1. The van der Waals surface area contributed by atoms with Gasteiger partial charge in [0, 0.05) is 4.47 Å². The number of carbonyl (C=O) groups is 1. The van der Waals surface area contributed by atoms with E-state index in [2.05, 4.69) is 26.2 Å². The normalized spacial score (nSPS) is 18.0. The fraction of sp³-hybridized carbons (Fsp3) is 0.0588. The van der Waals surface area contributed by atoms with Crippen molar-refractivity contribution in [3.8, 4) is 0 Å². The summed E-state index contributed by atoms with van der Waals surface area (Å²) in [6.07, 6.45) is 1.86. The molecule has 0 saturated carbocycles. The van der Waals surface area contributed by atoms with Gasteiger partial charge in [0.05, 0.1) is 10.6 Å². The minimum Gasteiger partial charge on any atom is -0.300 e. The molecule has 1 saturated heterocycles. The quantitative estimate of drug-likeness (QED) is 0.779. The molecule has 1 heterocycles. The number of halogens is 1. The van der Waals surface area contributed by atoms with Crippen molar-refractivity contribution in [3.05, 3.63) is 69.0 Å². The highest BCUT2D eigenvalue weighted by Crippen LogP contribution is 2.28. The molecule has 0 aromatic heterocycles. The summed E-state index contributed by atoms with van der Waals surface area (Å²) in [6, 6.07) is 15.7. The van der Waals surface area contributed by atoms with E-state index in [1.54, 1.807) is 0 Å². The van der Waals surface area contributed by atoms with Gasteiger partial charge in [0.2, 0.25) is 0 Å². The Morgan fingerprint density at radius 3 is 2.68 bits per heavy atom. The fourth-order valence-corrected chi connectivity index (χ4v) is 3.22. The number of amidine groups is 1. The first kappa shape index (κ1) is 15.1. The SMILES string of the molecule is Cc1ccc(N=C2NC(=O)C(=Cc3cccc(Br)c3)S2)cc1. The molecule has 1 fully saturated rings. The van der Waals surface area contributed by atoms with E-state index in [9.17, 15) is 4.79 Å². The van der Waals surface area contributed by atoms with E-state index < -0.39 is 0 Å². The molecule has 5 heteroatoms. The number of amides is 1. The van der Waals surface area contributed by atoms with Gasteiger partial charge in [0.15, 0.2) is 5.17 Å². The number of rotatable bonds is 2. The van der Waals surface area contributed by atoms with E-state index in [-0.39, 0.29) is 5.91 Å². The van der Waals surface area contributed by atoms with Gasteiger partial charge in [-0.3, -0.25) is 4.79 Å². The van der Waals surface area contributed by atoms with Crippen molar-refractivity contribution in [1.29, 1.82) is 0 Å². The molecule has 110 valence electrons. The van der Waals surface area contributed by atoms with Crippen molar-refractivity contribution < 1.29 is 4.79 Å². The second-order valence-corrected chi connectivity index (χ2v) is 6.82. The van der Waals surface area contributed by atoms with Crippen molar-refractivity contribution in [2.24, 2.45) is 4.99 Å². The number of nitrogens with zero attached hydrogens (tertiary/aromatic N) is 1. The Bertz CT molecular complexity index is 782. The van der Waals surface area contributed by atoms with Gasteiger partial charge < -0.3 is 5.32 Å². The lowest BCUT2D eigenvalue weighted by Crippen LogP contribution is -2.19. The third kappa shape index (κ3) is 3.67. The molecule has 0 unspecified atom stereocenters. The predicted octanol–water partition coefficient (Wildman–Crippen LogP) is 4.65. The summed E-state index contributed by atoms with van der Waals surface area (Å²) in [7, 11) is 0. The Kier molecular flexibility index (Phi) is 4.45. The first-order valence-electron chi connectivity index (χ1n) is 6.72. The van der Waals surface area contributed by atoms with Crippen LogP contribution in [0.4, 0.5) is 5.69 Å². The molecule has 0 spiro atoms. The van der Waals surface area contributed by atoms with E-state index >= 15 is 0 Å². The van der Waals surface area contributed by atoms with E-state index in [1.807, 2.05) is 61.5 Å². The lowest BCUT2D eigenvalue weighted by atomic mass is 10.2. The van der Waals surface area contributed by atoms with Crippen LogP contribution in [-0.2, 0) is 4.79 Å². The molecular formula is C17H13BrN2OS. The number of aryl methyl sites for hydroxylation is 1. The highest BCUT2D eigenvalue weighted by molar-refractivity contribution is 9.10. The number of thioether (sulfide) groups is 1. The van der Waals surface area contributed by atoms with Crippen molar-refractivity contribution >= 4 is 50.5 Å². The summed E-state index contributed by atoms with van der Waals surface area (Å²) in [6.45, 7) is 2.03. The lowest BCUT2D eigenvalue weighted by molar-refractivity contribution is -0.115. The highest BCUT2D eigenvalue weighted by Gasteiger charge is 2.23. The largest absolute Gasteiger partial charge is 0.300 e. The molecule has 0 bridgehead atoms. The smallest absolute Gasteiger partial charge is 0.264 e. The number of hydrogen-bond acceptors (Lipinski definition) is 3. The van der Waals surface area contributed by atoms with Gasteiger partial charge in [-0.05, 0) is 54.6 Å². The molecule has 0 aliphatic carbocycles. The van der Waals surface area contributed by atoms with Crippen LogP contribution >= 0.6 is 27.7 Å². The van der Waals surface area contributed by atoms with Crippen molar-refractivity contribution in [2.45, 2.75) is 6.92 Å². The van der Waals surface area contributed by atoms with Gasteiger partial charge in [-0.25, -0.2) is 4.99 Å². The number of carbonyl (C=O) groups excluding carboxylic acids is 1. The maximum atomic E-state index is 12.0. The molecule has 3 rings (SSSR count). The molecule has 0 radical (unpaired) electrons. The van der Waals surface area contributed by atoms with Crippen LogP contribution in [0.15, 0.2) is 62.9 Å². The molecular weight excluding hydrogens is 360 g/mol. The van der Waals surface area contributed by atoms with Gasteiger partial charge in [-0.1, -0.05) is 45.8 Å². The van der Waals surface area contributed by atoms with Crippen LogP contribution in [0.25, 0.3) is 6.08 Å². The number of hydrogen-bond donors (Lipinski definition) is 1. The molecule has 2 aromatic rings.